The molecule has 1 N–H and O–H groups in total. The van der Waals surface area contributed by atoms with Crippen molar-refractivity contribution >= 4 is 29.0 Å². The van der Waals surface area contributed by atoms with Crippen LogP contribution < -0.4 is 9.64 Å². The second-order valence-electron chi connectivity index (χ2n) is 11.4. The summed E-state index contributed by atoms with van der Waals surface area (Å²) in [4.78, 5) is 38.6. The standard InChI is InChI=1S/C36H37N5O4/c1-3-4-15-33-38-30-22-31(40-21-10-20-39(35(40)42)23-26-11-6-5-7-12-26)25(2)37-34(30)41(33)24-27-16-18-28(19-17-27)29-13-8-9-14-32(29)45-36(43)44/h5-9,11-14,16-19,22H,3-4,10,15,20-21,23-24H2,1-2H3,(H,43,44). The van der Waals surface area contributed by atoms with Crippen LogP contribution in [0.4, 0.5) is 15.3 Å². The molecule has 3 heterocycles. The number of nitrogens with zero attached hydrogens (tertiary/aromatic N) is 5. The van der Waals surface area contributed by atoms with Crippen molar-refractivity contribution in [3.8, 4) is 16.9 Å². The maximum Gasteiger partial charge on any atom is 0.511 e. The molecule has 1 aliphatic heterocycles. The van der Waals surface area contributed by atoms with Crippen molar-refractivity contribution in [1.82, 2.24) is 19.4 Å². The van der Waals surface area contributed by atoms with Gasteiger partial charge in [-0.05, 0) is 48.6 Å². The van der Waals surface area contributed by atoms with Crippen molar-refractivity contribution in [2.45, 2.75) is 52.6 Å². The molecule has 0 saturated carbocycles. The highest BCUT2D eigenvalue weighted by atomic mass is 16.7. The number of amides is 2. The zero-order chi connectivity index (χ0) is 31.3. The number of carbonyl (C=O) groups is 2. The van der Waals surface area contributed by atoms with Crippen LogP contribution in [0.25, 0.3) is 22.3 Å². The molecule has 2 aromatic heterocycles. The van der Waals surface area contributed by atoms with Gasteiger partial charge in [-0.25, -0.2) is 19.6 Å². The Morgan fingerprint density at radius 1 is 0.911 bits per heavy atom. The molecule has 1 aliphatic rings. The zero-order valence-corrected chi connectivity index (χ0v) is 25.6. The molecule has 3 aromatic carbocycles. The Labute approximate surface area is 262 Å². The lowest BCUT2D eigenvalue weighted by Gasteiger charge is -2.36. The minimum Gasteiger partial charge on any atom is -0.449 e. The number of urea groups is 1. The molecule has 1 saturated heterocycles. The largest absolute Gasteiger partial charge is 0.511 e. The molecule has 0 unspecified atom stereocenters. The van der Waals surface area contributed by atoms with Crippen molar-refractivity contribution < 1.29 is 19.4 Å². The fraction of sp³-hybridized carbons (Fsp3) is 0.278. The van der Waals surface area contributed by atoms with Gasteiger partial charge in [0.2, 0.25) is 0 Å². The quantitative estimate of drug-likeness (QED) is 0.130. The Kier molecular flexibility index (Phi) is 8.77. The van der Waals surface area contributed by atoms with Crippen molar-refractivity contribution in [2.75, 3.05) is 18.0 Å². The number of imidazole rings is 1. The minimum absolute atomic E-state index is 0.00425. The molecule has 45 heavy (non-hydrogen) atoms. The number of pyridine rings is 1. The van der Waals surface area contributed by atoms with Gasteiger partial charge in [-0.3, -0.25) is 4.90 Å². The van der Waals surface area contributed by atoms with Gasteiger partial charge >= 0.3 is 12.2 Å². The van der Waals surface area contributed by atoms with Gasteiger partial charge in [0.05, 0.1) is 17.9 Å². The summed E-state index contributed by atoms with van der Waals surface area (Å²) < 4.78 is 7.17. The SMILES string of the molecule is CCCCc1nc2cc(N3CCCN(Cc4ccccc4)C3=O)c(C)nc2n1Cc1ccc(-c2ccccc2OC(=O)O)cc1. The topological polar surface area (TPSA) is 101 Å². The average Bonchev–Trinajstić information content (AvgIpc) is 3.37. The van der Waals surface area contributed by atoms with Gasteiger partial charge in [-0.1, -0.05) is 86.1 Å². The maximum absolute atomic E-state index is 13.6. The van der Waals surface area contributed by atoms with E-state index in [2.05, 4.69) is 23.6 Å². The van der Waals surface area contributed by atoms with Crippen molar-refractivity contribution in [3.05, 3.63) is 108 Å². The Bertz CT molecular complexity index is 1820. The molecule has 6 rings (SSSR count). The van der Waals surface area contributed by atoms with Crippen LogP contribution in [0.5, 0.6) is 5.75 Å². The molecule has 1 fully saturated rings. The second kappa shape index (κ2) is 13.2. The summed E-state index contributed by atoms with van der Waals surface area (Å²) in [5, 5.41) is 9.13. The minimum atomic E-state index is -1.34. The van der Waals surface area contributed by atoms with E-state index in [0.717, 1.165) is 77.3 Å². The second-order valence-corrected chi connectivity index (χ2v) is 11.4. The molecule has 0 aliphatic carbocycles. The van der Waals surface area contributed by atoms with Crippen molar-refractivity contribution in [1.29, 1.82) is 0 Å². The highest BCUT2D eigenvalue weighted by Gasteiger charge is 2.29. The molecular formula is C36H37N5O4. The Hall–Kier alpha value is -5.18. The van der Waals surface area contributed by atoms with Gasteiger partial charge in [-0.2, -0.15) is 0 Å². The van der Waals surface area contributed by atoms with Crippen LogP contribution in [-0.2, 0) is 19.5 Å². The highest BCUT2D eigenvalue weighted by molar-refractivity contribution is 5.95. The molecule has 0 radical (unpaired) electrons. The number of carbonyl (C=O) groups excluding carboxylic acids is 1. The molecule has 9 heteroatoms. The van der Waals surface area contributed by atoms with Crippen molar-refractivity contribution in [2.24, 2.45) is 0 Å². The van der Waals surface area contributed by atoms with Gasteiger partial charge < -0.3 is 19.3 Å². The lowest BCUT2D eigenvalue weighted by molar-refractivity contribution is 0.144. The molecule has 2 amide bonds. The number of para-hydroxylation sites is 1. The Morgan fingerprint density at radius 3 is 2.40 bits per heavy atom. The Balaban J connectivity index is 1.29. The summed E-state index contributed by atoms with van der Waals surface area (Å²) in [6.07, 6.45) is 2.42. The summed E-state index contributed by atoms with van der Waals surface area (Å²) >= 11 is 0. The summed E-state index contributed by atoms with van der Waals surface area (Å²) in [6, 6.07) is 27.2. The lowest BCUT2D eigenvalue weighted by Crippen LogP contribution is -2.49. The van der Waals surface area contributed by atoms with Crippen LogP contribution in [0.1, 0.15) is 48.8 Å². The van der Waals surface area contributed by atoms with E-state index in [1.807, 2.05) is 77.4 Å². The summed E-state index contributed by atoms with van der Waals surface area (Å²) in [5.74, 6) is 1.27. The number of benzene rings is 3. The summed E-state index contributed by atoms with van der Waals surface area (Å²) in [7, 11) is 0. The van der Waals surface area contributed by atoms with Crippen LogP contribution >= 0.6 is 0 Å². The van der Waals surface area contributed by atoms with Crippen LogP contribution in [0.3, 0.4) is 0 Å². The van der Waals surface area contributed by atoms with E-state index in [4.69, 9.17) is 19.8 Å². The van der Waals surface area contributed by atoms with Gasteiger partial charge in [0.15, 0.2) is 5.65 Å². The fourth-order valence-corrected chi connectivity index (χ4v) is 5.96. The van der Waals surface area contributed by atoms with Crippen molar-refractivity contribution in [3.63, 3.8) is 0 Å². The third-order valence-electron chi connectivity index (χ3n) is 8.23. The molecule has 9 nitrogen and oxygen atoms in total. The third-order valence-corrected chi connectivity index (χ3v) is 8.23. The number of anilines is 1. The molecule has 0 atom stereocenters. The predicted octanol–water partition coefficient (Wildman–Crippen LogP) is 7.69. The average molecular weight is 604 g/mol. The number of fused-ring (bicyclic) bond motifs is 1. The number of ether oxygens (including phenoxy) is 1. The van der Waals surface area contributed by atoms with Crippen LogP contribution in [0.2, 0.25) is 0 Å². The number of aromatic nitrogens is 3. The maximum atomic E-state index is 13.6. The van der Waals surface area contributed by atoms with Gasteiger partial charge in [0.1, 0.15) is 17.1 Å². The molecule has 5 aromatic rings. The molecular weight excluding hydrogens is 566 g/mol. The number of hydrogen-bond acceptors (Lipinski definition) is 5. The van der Waals surface area contributed by atoms with Crippen LogP contribution in [0.15, 0.2) is 84.9 Å². The fourth-order valence-electron chi connectivity index (χ4n) is 5.96. The van der Waals surface area contributed by atoms with Gasteiger partial charge in [-0.15, -0.1) is 0 Å². The first kappa shape index (κ1) is 29.9. The number of unbranched alkanes of at least 4 members (excludes halogenated alkanes) is 1. The van der Waals surface area contributed by atoms with Crippen LogP contribution in [0, 0.1) is 6.92 Å². The van der Waals surface area contributed by atoms with Gasteiger partial charge in [0.25, 0.3) is 0 Å². The summed E-state index contributed by atoms with van der Waals surface area (Å²) in [5.41, 5.74) is 6.95. The molecule has 0 spiro atoms. The Morgan fingerprint density at radius 2 is 1.64 bits per heavy atom. The monoisotopic (exact) mass is 603 g/mol. The number of aryl methyl sites for hydroxylation is 2. The first-order chi connectivity index (χ1) is 21.9. The molecule has 0 bridgehead atoms. The van der Waals surface area contributed by atoms with E-state index in [-0.39, 0.29) is 6.03 Å². The molecule has 230 valence electrons. The van der Waals surface area contributed by atoms with E-state index in [1.165, 1.54) is 0 Å². The van der Waals surface area contributed by atoms with E-state index in [0.29, 0.717) is 30.9 Å². The van der Waals surface area contributed by atoms with E-state index in [1.54, 1.807) is 12.1 Å². The highest BCUT2D eigenvalue weighted by Crippen LogP contribution is 2.32. The van der Waals surface area contributed by atoms with Crippen LogP contribution in [-0.4, -0.2) is 49.8 Å². The van der Waals surface area contributed by atoms with E-state index >= 15 is 0 Å². The third kappa shape index (κ3) is 6.52. The summed E-state index contributed by atoms with van der Waals surface area (Å²) in [6.45, 7) is 6.67. The van der Waals surface area contributed by atoms with Gasteiger partial charge in [0, 0.05) is 31.6 Å². The zero-order valence-electron chi connectivity index (χ0n) is 25.6. The van der Waals surface area contributed by atoms with E-state index < -0.39 is 6.16 Å². The first-order valence-electron chi connectivity index (χ1n) is 15.5. The number of carboxylic acid groups (broad SMARTS) is 1. The normalized spacial score (nSPS) is 13.4. The van der Waals surface area contributed by atoms with E-state index in [9.17, 15) is 9.59 Å². The predicted molar refractivity (Wildman–Crippen MR) is 175 cm³/mol. The number of hydrogen-bond donors (Lipinski definition) is 1. The first-order valence-corrected chi connectivity index (χ1v) is 15.5. The number of rotatable bonds is 10. The smallest absolute Gasteiger partial charge is 0.449 e. The lowest BCUT2D eigenvalue weighted by atomic mass is 10.0.